The normalized spacial score (nSPS) is 14.6. The van der Waals surface area contributed by atoms with E-state index in [4.69, 9.17) is 4.42 Å². The molecule has 3 aromatic rings. The van der Waals surface area contributed by atoms with Gasteiger partial charge in [-0.2, -0.15) is 0 Å². The van der Waals surface area contributed by atoms with Crippen LogP contribution in [0.5, 0.6) is 0 Å². The SMILES string of the molecule is Cc1ccc(-c2nc(C)c(C(=O)N3CCN(c4cccc(C)c4C)CC3)s2)o1. The molecule has 146 valence electrons. The van der Waals surface area contributed by atoms with Crippen LogP contribution in [0.1, 0.15) is 32.3 Å². The number of anilines is 1. The van der Waals surface area contributed by atoms with Crippen LogP contribution in [0.4, 0.5) is 5.69 Å². The van der Waals surface area contributed by atoms with Crippen LogP contribution in [0.2, 0.25) is 0 Å². The van der Waals surface area contributed by atoms with Crippen molar-refractivity contribution in [2.45, 2.75) is 27.7 Å². The Bertz CT molecular complexity index is 1010. The van der Waals surface area contributed by atoms with Gasteiger partial charge < -0.3 is 14.2 Å². The van der Waals surface area contributed by atoms with Crippen molar-refractivity contribution < 1.29 is 9.21 Å². The molecule has 1 amide bonds. The van der Waals surface area contributed by atoms with E-state index < -0.39 is 0 Å². The fourth-order valence-electron chi connectivity index (χ4n) is 3.62. The third kappa shape index (κ3) is 3.44. The summed E-state index contributed by atoms with van der Waals surface area (Å²) in [4.78, 5) is 22.7. The average molecular weight is 396 g/mol. The summed E-state index contributed by atoms with van der Waals surface area (Å²) in [6.45, 7) is 11.2. The van der Waals surface area contributed by atoms with Crippen molar-refractivity contribution in [1.29, 1.82) is 0 Å². The minimum absolute atomic E-state index is 0.0742. The smallest absolute Gasteiger partial charge is 0.265 e. The average Bonchev–Trinajstić information content (AvgIpc) is 3.29. The number of benzene rings is 1. The molecule has 0 saturated carbocycles. The van der Waals surface area contributed by atoms with Gasteiger partial charge in [-0.15, -0.1) is 11.3 Å². The number of carbonyl (C=O) groups is 1. The number of rotatable bonds is 3. The quantitative estimate of drug-likeness (QED) is 0.650. The molecule has 1 aliphatic heterocycles. The molecule has 0 atom stereocenters. The Labute approximate surface area is 169 Å². The van der Waals surface area contributed by atoms with Gasteiger partial charge in [-0.05, 0) is 57.0 Å². The zero-order valence-electron chi connectivity index (χ0n) is 16.8. The van der Waals surface area contributed by atoms with E-state index in [1.807, 2.05) is 30.9 Å². The number of furan rings is 1. The fourth-order valence-corrected chi connectivity index (χ4v) is 4.62. The molecule has 4 rings (SSSR count). The van der Waals surface area contributed by atoms with Crippen molar-refractivity contribution >= 4 is 22.9 Å². The van der Waals surface area contributed by atoms with E-state index in [1.54, 1.807) is 0 Å². The zero-order chi connectivity index (χ0) is 19.8. The Kier molecular flexibility index (Phi) is 4.98. The summed E-state index contributed by atoms with van der Waals surface area (Å²) in [6, 6.07) is 10.2. The Morgan fingerprint density at radius 1 is 1.04 bits per heavy atom. The fraction of sp³-hybridized carbons (Fsp3) is 0.364. The van der Waals surface area contributed by atoms with Crippen LogP contribution >= 0.6 is 11.3 Å². The van der Waals surface area contributed by atoms with E-state index in [2.05, 4.69) is 41.9 Å². The van der Waals surface area contributed by atoms with E-state index in [0.717, 1.165) is 48.4 Å². The molecule has 5 nitrogen and oxygen atoms in total. The highest BCUT2D eigenvalue weighted by molar-refractivity contribution is 7.17. The molecule has 0 N–H and O–H groups in total. The molecule has 0 bridgehead atoms. The van der Waals surface area contributed by atoms with Gasteiger partial charge in [0.05, 0.1) is 5.69 Å². The molecular formula is C22H25N3O2S. The second kappa shape index (κ2) is 7.43. The van der Waals surface area contributed by atoms with E-state index in [0.29, 0.717) is 4.88 Å². The number of thiazole rings is 1. The number of aryl methyl sites for hydroxylation is 3. The third-order valence-electron chi connectivity index (χ3n) is 5.43. The van der Waals surface area contributed by atoms with E-state index in [9.17, 15) is 4.79 Å². The molecule has 0 unspecified atom stereocenters. The molecule has 1 aromatic carbocycles. The molecule has 28 heavy (non-hydrogen) atoms. The molecule has 3 heterocycles. The maximum Gasteiger partial charge on any atom is 0.265 e. The second-order valence-electron chi connectivity index (χ2n) is 7.34. The summed E-state index contributed by atoms with van der Waals surface area (Å²) in [5, 5.41) is 0.767. The largest absolute Gasteiger partial charge is 0.459 e. The second-order valence-corrected chi connectivity index (χ2v) is 8.34. The number of carbonyl (C=O) groups excluding carboxylic acids is 1. The lowest BCUT2D eigenvalue weighted by Crippen LogP contribution is -2.49. The molecule has 6 heteroatoms. The van der Waals surface area contributed by atoms with Gasteiger partial charge in [-0.3, -0.25) is 4.79 Å². The molecule has 1 saturated heterocycles. The summed E-state index contributed by atoms with van der Waals surface area (Å²) < 4.78 is 5.66. The third-order valence-corrected chi connectivity index (χ3v) is 6.59. The topological polar surface area (TPSA) is 49.6 Å². The van der Waals surface area contributed by atoms with Gasteiger partial charge in [0.2, 0.25) is 0 Å². The van der Waals surface area contributed by atoms with Crippen molar-refractivity contribution in [3.63, 3.8) is 0 Å². The molecular weight excluding hydrogens is 370 g/mol. The number of hydrogen-bond acceptors (Lipinski definition) is 5. The van der Waals surface area contributed by atoms with E-state index >= 15 is 0 Å². The summed E-state index contributed by atoms with van der Waals surface area (Å²) in [5.41, 5.74) is 4.67. The zero-order valence-corrected chi connectivity index (χ0v) is 17.6. The first-order chi connectivity index (χ1) is 13.4. The highest BCUT2D eigenvalue weighted by Gasteiger charge is 2.26. The Hall–Kier alpha value is -2.60. The molecule has 2 aromatic heterocycles. The predicted octanol–water partition coefficient (Wildman–Crippen LogP) is 4.60. The van der Waals surface area contributed by atoms with Gasteiger partial charge in [0.1, 0.15) is 10.6 Å². The van der Waals surface area contributed by atoms with Crippen molar-refractivity contribution in [3.05, 3.63) is 57.8 Å². The number of piperazine rings is 1. The van der Waals surface area contributed by atoms with Crippen LogP contribution in [0, 0.1) is 27.7 Å². The van der Waals surface area contributed by atoms with Crippen LogP contribution < -0.4 is 4.90 Å². The number of hydrogen-bond donors (Lipinski definition) is 0. The van der Waals surface area contributed by atoms with E-state index in [1.165, 1.54) is 28.2 Å². The maximum absolute atomic E-state index is 13.1. The van der Waals surface area contributed by atoms with Crippen molar-refractivity contribution in [1.82, 2.24) is 9.88 Å². The minimum atomic E-state index is 0.0742. The van der Waals surface area contributed by atoms with Crippen LogP contribution in [0.25, 0.3) is 10.8 Å². The highest BCUT2D eigenvalue weighted by Crippen LogP contribution is 2.31. The molecule has 0 aliphatic carbocycles. The maximum atomic E-state index is 13.1. The van der Waals surface area contributed by atoms with Crippen LogP contribution in [0.15, 0.2) is 34.7 Å². The van der Waals surface area contributed by atoms with Gasteiger partial charge in [-0.25, -0.2) is 4.98 Å². The van der Waals surface area contributed by atoms with Crippen LogP contribution in [0.3, 0.4) is 0 Å². The van der Waals surface area contributed by atoms with Gasteiger partial charge in [0.25, 0.3) is 5.91 Å². The lowest BCUT2D eigenvalue weighted by molar-refractivity contribution is 0.0750. The Morgan fingerprint density at radius 2 is 1.79 bits per heavy atom. The van der Waals surface area contributed by atoms with Gasteiger partial charge in [0, 0.05) is 31.9 Å². The van der Waals surface area contributed by atoms with E-state index in [-0.39, 0.29) is 5.91 Å². The first-order valence-electron chi connectivity index (χ1n) is 9.58. The lowest BCUT2D eigenvalue weighted by Gasteiger charge is -2.37. The Morgan fingerprint density at radius 3 is 2.46 bits per heavy atom. The number of aromatic nitrogens is 1. The van der Waals surface area contributed by atoms with Crippen molar-refractivity contribution in [3.8, 4) is 10.8 Å². The summed E-state index contributed by atoms with van der Waals surface area (Å²) >= 11 is 1.42. The molecule has 1 fully saturated rings. The number of amides is 1. The summed E-state index contributed by atoms with van der Waals surface area (Å²) in [6.07, 6.45) is 0. The summed E-state index contributed by atoms with van der Waals surface area (Å²) in [5.74, 6) is 1.65. The standard InChI is InChI=1S/C22H25N3O2S/c1-14-6-5-7-18(16(14)3)24-10-12-25(13-11-24)22(26)20-17(4)23-21(28-20)19-9-8-15(2)27-19/h5-9H,10-13H2,1-4H3. The minimum Gasteiger partial charge on any atom is -0.459 e. The monoisotopic (exact) mass is 395 g/mol. The van der Waals surface area contributed by atoms with Crippen molar-refractivity contribution in [2.24, 2.45) is 0 Å². The lowest BCUT2D eigenvalue weighted by atomic mass is 10.1. The Balaban J connectivity index is 1.47. The summed E-state index contributed by atoms with van der Waals surface area (Å²) in [7, 11) is 0. The van der Waals surface area contributed by atoms with Gasteiger partial charge in [-0.1, -0.05) is 12.1 Å². The van der Waals surface area contributed by atoms with Crippen LogP contribution in [-0.4, -0.2) is 42.0 Å². The predicted molar refractivity (Wildman–Crippen MR) is 113 cm³/mol. The van der Waals surface area contributed by atoms with Crippen molar-refractivity contribution in [2.75, 3.05) is 31.1 Å². The molecule has 1 aliphatic rings. The first-order valence-corrected chi connectivity index (χ1v) is 10.4. The molecule has 0 spiro atoms. The molecule has 0 radical (unpaired) electrons. The van der Waals surface area contributed by atoms with Crippen LogP contribution in [-0.2, 0) is 0 Å². The number of nitrogens with zero attached hydrogens (tertiary/aromatic N) is 3. The van der Waals surface area contributed by atoms with Gasteiger partial charge in [0.15, 0.2) is 10.8 Å². The first kappa shape index (κ1) is 18.7. The highest BCUT2D eigenvalue weighted by atomic mass is 32.1. The van der Waals surface area contributed by atoms with Gasteiger partial charge >= 0.3 is 0 Å².